The molecule has 0 radical (unpaired) electrons. The second kappa shape index (κ2) is 17.1. The first-order chi connectivity index (χ1) is 25.3. The Morgan fingerprint density at radius 1 is 0.846 bits per heavy atom. The molecule has 9 nitrogen and oxygen atoms in total. The van der Waals surface area contributed by atoms with Gasteiger partial charge in [0.05, 0.1) is 17.8 Å². The van der Waals surface area contributed by atoms with Crippen molar-refractivity contribution in [3.05, 3.63) is 155 Å². The molecule has 4 aromatic carbocycles. The molecule has 0 aliphatic carbocycles. The van der Waals surface area contributed by atoms with E-state index in [1.54, 1.807) is 41.3 Å². The standard InChI is InChI=1S/C42H37FN4O5/c1-30-2-14-36(15-3-30)51-29-39(48)35-12-8-33(9-13-35)27-46-20-22-47(23-21-46)42(49)19-11-31-10-17-40(38(43)24-31)52-41-18-16-37(26-45-41)50-28-34-6-4-32(25-44)5-7-34/h2-19,24,26H,20-23,27-29H2,1H3/b19-11+. The molecule has 0 saturated carbocycles. The van der Waals surface area contributed by atoms with Crippen LogP contribution in [0.4, 0.5) is 4.39 Å². The van der Waals surface area contributed by atoms with Gasteiger partial charge >= 0.3 is 0 Å². The van der Waals surface area contributed by atoms with Crippen LogP contribution in [-0.4, -0.2) is 59.3 Å². The number of ketones is 1. The van der Waals surface area contributed by atoms with Crippen molar-refractivity contribution in [3.8, 4) is 29.2 Å². The molecule has 0 spiro atoms. The van der Waals surface area contributed by atoms with Crippen molar-refractivity contribution in [3.63, 3.8) is 0 Å². The molecule has 0 bridgehead atoms. The summed E-state index contributed by atoms with van der Waals surface area (Å²) in [6.07, 6.45) is 4.54. The Labute approximate surface area is 302 Å². The number of carbonyl (C=O) groups is 2. The van der Waals surface area contributed by atoms with Crippen LogP contribution in [0.1, 0.15) is 38.2 Å². The number of nitriles is 1. The number of halogens is 1. The lowest BCUT2D eigenvalue weighted by atomic mass is 10.1. The number of Topliss-reactive ketones (excluding diaryl/α,β-unsaturated/α-hetero) is 1. The van der Waals surface area contributed by atoms with Crippen LogP contribution in [0.2, 0.25) is 0 Å². The van der Waals surface area contributed by atoms with Gasteiger partial charge in [0.25, 0.3) is 0 Å². The number of piperazine rings is 1. The van der Waals surface area contributed by atoms with Gasteiger partial charge in [-0.3, -0.25) is 14.5 Å². The minimum absolute atomic E-state index is 0.00622. The quantitative estimate of drug-likeness (QED) is 0.0928. The molecule has 5 aromatic rings. The molecule has 2 heterocycles. The molecule has 1 saturated heterocycles. The van der Waals surface area contributed by atoms with Crippen molar-refractivity contribution in [1.29, 1.82) is 5.26 Å². The zero-order valence-corrected chi connectivity index (χ0v) is 28.7. The van der Waals surface area contributed by atoms with Crippen molar-refractivity contribution < 1.29 is 28.2 Å². The summed E-state index contributed by atoms with van der Waals surface area (Å²) in [6, 6.07) is 32.1. The maximum absolute atomic E-state index is 14.9. The van der Waals surface area contributed by atoms with Gasteiger partial charge in [-0.25, -0.2) is 9.37 Å². The molecule has 1 aliphatic rings. The third-order valence-corrected chi connectivity index (χ3v) is 8.54. The van der Waals surface area contributed by atoms with E-state index in [9.17, 15) is 14.0 Å². The summed E-state index contributed by atoms with van der Waals surface area (Å²) in [5, 5.41) is 8.92. The first-order valence-electron chi connectivity index (χ1n) is 16.9. The molecule has 52 heavy (non-hydrogen) atoms. The van der Waals surface area contributed by atoms with Crippen molar-refractivity contribution >= 4 is 17.8 Å². The number of hydrogen-bond donors (Lipinski definition) is 0. The molecule has 1 amide bonds. The van der Waals surface area contributed by atoms with Crippen LogP contribution in [0, 0.1) is 24.1 Å². The third-order valence-electron chi connectivity index (χ3n) is 8.54. The maximum atomic E-state index is 14.9. The predicted octanol–water partition coefficient (Wildman–Crippen LogP) is 7.39. The molecule has 0 unspecified atom stereocenters. The number of aromatic nitrogens is 1. The second-order valence-electron chi connectivity index (χ2n) is 12.4. The van der Waals surface area contributed by atoms with Crippen LogP contribution >= 0.6 is 0 Å². The number of pyridine rings is 1. The molecule has 1 fully saturated rings. The highest BCUT2D eigenvalue weighted by molar-refractivity contribution is 5.97. The second-order valence-corrected chi connectivity index (χ2v) is 12.4. The van der Waals surface area contributed by atoms with Crippen LogP contribution in [0.25, 0.3) is 6.08 Å². The van der Waals surface area contributed by atoms with Crippen LogP contribution in [0.5, 0.6) is 23.1 Å². The summed E-state index contributed by atoms with van der Waals surface area (Å²) in [5.74, 6) is 0.591. The first-order valence-corrected chi connectivity index (χ1v) is 16.9. The lowest BCUT2D eigenvalue weighted by Crippen LogP contribution is -2.47. The zero-order chi connectivity index (χ0) is 36.3. The SMILES string of the molecule is Cc1ccc(OCC(=O)c2ccc(CN3CCN(C(=O)/C=C/c4ccc(Oc5ccc(OCc6ccc(C#N)cc6)cn5)c(F)c4)CC3)cc2)cc1. The molecule has 1 aromatic heterocycles. The Kier molecular flexibility index (Phi) is 11.7. The van der Waals surface area contributed by atoms with E-state index in [1.165, 1.54) is 24.4 Å². The van der Waals surface area contributed by atoms with E-state index in [0.717, 1.165) is 16.7 Å². The molecule has 262 valence electrons. The summed E-state index contributed by atoms with van der Waals surface area (Å²) in [7, 11) is 0. The number of benzene rings is 4. The number of rotatable bonds is 13. The van der Waals surface area contributed by atoms with E-state index in [-0.39, 0.29) is 29.9 Å². The summed E-state index contributed by atoms with van der Waals surface area (Å²) >= 11 is 0. The first kappa shape index (κ1) is 35.5. The third kappa shape index (κ3) is 9.90. The van der Waals surface area contributed by atoms with Crippen LogP contribution in [0.15, 0.2) is 115 Å². The topological polar surface area (TPSA) is 105 Å². The Balaban J connectivity index is 0.920. The van der Waals surface area contributed by atoms with Crippen LogP contribution in [0.3, 0.4) is 0 Å². The Morgan fingerprint density at radius 3 is 2.23 bits per heavy atom. The largest absolute Gasteiger partial charge is 0.487 e. The van der Waals surface area contributed by atoms with Gasteiger partial charge in [-0.15, -0.1) is 0 Å². The highest BCUT2D eigenvalue weighted by Gasteiger charge is 2.20. The van der Waals surface area contributed by atoms with E-state index in [2.05, 4.69) is 16.0 Å². The average Bonchev–Trinajstić information content (AvgIpc) is 3.18. The Morgan fingerprint density at radius 2 is 1.56 bits per heavy atom. The van der Waals surface area contributed by atoms with E-state index < -0.39 is 5.82 Å². The highest BCUT2D eigenvalue weighted by Crippen LogP contribution is 2.26. The number of nitrogens with zero attached hydrogens (tertiary/aromatic N) is 4. The molecule has 0 N–H and O–H groups in total. The fraction of sp³-hybridized carbons (Fsp3) is 0.190. The smallest absolute Gasteiger partial charge is 0.246 e. The fourth-order valence-electron chi connectivity index (χ4n) is 5.49. The predicted molar refractivity (Wildman–Crippen MR) is 195 cm³/mol. The minimum atomic E-state index is -0.584. The van der Waals surface area contributed by atoms with Gasteiger partial charge in [0.15, 0.2) is 24.0 Å². The number of carbonyl (C=O) groups excluding carboxylic acids is 2. The lowest BCUT2D eigenvalue weighted by molar-refractivity contribution is -0.127. The molecule has 6 rings (SSSR count). The van der Waals surface area contributed by atoms with Gasteiger partial charge in [-0.05, 0) is 72.2 Å². The normalized spacial score (nSPS) is 13.1. The maximum Gasteiger partial charge on any atom is 0.246 e. The minimum Gasteiger partial charge on any atom is -0.487 e. The van der Waals surface area contributed by atoms with Crippen LogP contribution in [-0.2, 0) is 17.9 Å². The zero-order valence-electron chi connectivity index (χ0n) is 28.7. The van der Waals surface area contributed by atoms with Crippen molar-refractivity contribution in [2.45, 2.75) is 20.1 Å². The Hall–Kier alpha value is -6.31. The molecule has 1 aliphatic heterocycles. The number of ether oxygens (including phenoxy) is 3. The summed E-state index contributed by atoms with van der Waals surface area (Å²) in [5.41, 5.74) is 4.84. The summed E-state index contributed by atoms with van der Waals surface area (Å²) in [6.45, 7) is 5.57. The fourth-order valence-corrected chi connectivity index (χ4v) is 5.49. The van der Waals surface area contributed by atoms with E-state index in [4.69, 9.17) is 19.5 Å². The van der Waals surface area contributed by atoms with Gasteiger partial charge in [0.1, 0.15) is 18.1 Å². The van der Waals surface area contributed by atoms with Crippen molar-refractivity contribution in [1.82, 2.24) is 14.8 Å². The van der Waals surface area contributed by atoms with E-state index in [0.29, 0.717) is 67.5 Å². The van der Waals surface area contributed by atoms with E-state index >= 15 is 0 Å². The van der Waals surface area contributed by atoms with Gasteiger partial charge in [0, 0.05) is 50.4 Å². The Bertz CT molecular complexity index is 2050. The molecule has 10 heteroatoms. The lowest BCUT2D eigenvalue weighted by Gasteiger charge is -2.34. The monoisotopic (exact) mass is 696 g/mol. The van der Waals surface area contributed by atoms with E-state index in [1.807, 2.05) is 67.6 Å². The molecular formula is C42H37FN4O5. The number of hydrogen-bond acceptors (Lipinski definition) is 8. The molecule has 0 atom stereocenters. The summed E-state index contributed by atoms with van der Waals surface area (Å²) in [4.78, 5) is 33.7. The molecular weight excluding hydrogens is 659 g/mol. The van der Waals surface area contributed by atoms with Crippen LogP contribution < -0.4 is 14.2 Å². The number of amides is 1. The van der Waals surface area contributed by atoms with Gasteiger partial charge in [0.2, 0.25) is 11.8 Å². The van der Waals surface area contributed by atoms with Gasteiger partial charge < -0.3 is 19.1 Å². The van der Waals surface area contributed by atoms with Gasteiger partial charge in [-0.1, -0.05) is 60.2 Å². The van der Waals surface area contributed by atoms with Crippen molar-refractivity contribution in [2.24, 2.45) is 0 Å². The average molecular weight is 697 g/mol. The summed E-state index contributed by atoms with van der Waals surface area (Å²) < 4.78 is 31.9. The van der Waals surface area contributed by atoms with Gasteiger partial charge in [-0.2, -0.15) is 5.26 Å². The highest BCUT2D eigenvalue weighted by atomic mass is 19.1. The number of aryl methyl sites for hydroxylation is 1. The van der Waals surface area contributed by atoms with Crippen molar-refractivity contribution in [2.75, 3.05) is 32.8 Å².